The molecule has 98 valence electrons. The van der Waals surface area contributed by atoms with Gasteiger partial charge in [-0.25, -0.2) is 4.98 Å². The van der Waals surface area contributed by atoms with E-state index >= 15 is 0 Å². The average molecular weight is 260 g/mol. The van der Waals surface area contributed by atoms with Crippen LogP contribution < -0.4 is 9.47 Å². The molecule has 0 fully saturated rings. The third kappa shape index (κ3) is 2.78. The lowest BCUT2D eigenvalue weighted by molar-refractivity contribution is 0.402. The lowest BCUT2D eigenvalue weighted by Gasteiger charge is -2.07. The molecular weight excluding hydrogens is 248 g/mol. The van der Waals surface area contributed by atoms with Gasteiger partial charge in [-0.2, -0.15) is 0 Å². The van der Waals surface area contributed by atoms with E-state index in [2.05, 4.69) is 15.0 Å². The molecule has 0 aliphatic carbocycles. The molecule has 1 aromatic heterocycles. The van der Waals surface area contributed by atoms with Gasteiger partial charge >= 0.3 is 0 Å². The Hall–Kier alpha value is -2.66. The first-order valence-electron chi connectivity index (χ1n) is 5.46. The SMILES string of the molecule is COc1ccc(OC)c(-c2cnc(CN=[N+]=[N-])o2)c1. The molecule has 0 aliphatic rings. The molecule has 7 nitrogen and oxygen atoms in total. The van der Waals surface area contributed by atoms with Gasteiger partial charge in [0, 0.05) is 4.91 Å². The highest BCUT2D eigenvalue weighted by atomic mass is 16.5. The zero-order valence-corrected chi connectivity index (χ0v) is 10.5. The highest BCUT2D eigenvalue weighted by molar-refractivity contribution is 5.67. The first kappa shape index (κ1) is 12.8. The smallest absolute Gasteiger partial charge is 0.200 e. The maximum atomic E-state index is 8.25. The van der Waals surface area contributed by atoms with E-state index in [0.717, 1.165) is 5.56 Å². The lowest BCUT2D eigenvalue weighted by Crippen LogP contribution is -1.89. The van der Waals surface area contributed by atoms with E-state index < -0.39 is 0 Å². The largest absolute Gasteiger partial charge is 0.497 e. The molecule has 0 atom stereocenters. The van der Waals surface area contributed by atoms with E-state index in [-0.39, 0.29) is 6.54 Å². The van der Waals surface area contributed by atoms with Crippen LogP contribution in [0.2, 0.25) is 0 Å². The summed E-state index contributed by atoms with van der Waals surface area (Å²) in [5, 5.41) is 3.39. The van der Waals surface area contributed by atoms with E-state index in [1.54, 1.807) is 38.6 Å². The fourth-order valence-electron chi connectivity index (χ4n) is 1.61. The van der Waals surface area contributed by atoms with Crippen molar-refractivity contribution in [3.63, 3.8) is 0 Å². The maximum absolute atomic E-state index is 8.25. The number of hydrogen-bond donors (Lipinski definition) is 0. The summed E-state index contributed by atoms with van der Waals surface area (Å²) in [6.07, 6.45) is 1.56. The molecule has 1 aromatic carbocycles. The zero-order chi connectivity index (χ0) is 13.7. The third-order valence-electron chi connectivity index (χ3n) is 2.49. The van der Waals surface area contributed by atoms with Crippen molar-refractivity contribution in [3.05, 3.63) is 40.7 Å². The first-order valence-corrected chi connectivity index (χ1v) is 5.46. The molecule has 0 amide bonds. The minimum absolute atomic E-state index is 0.0722. The van der Waals surface area contributed by atoms with E-state index in [1.807, 2.05) is 0 Å². The van der Waals surface area contributed by atoms with E-state index in [4.69, 9.17) is 19.4 Å². The van der Waals surface area contributed by atoms with Gasteiger partial charge in [0.1, 0.15) is 18.0 Å². The Labute approximate surface area is 109 Å². The summed E-state index contributed by atoms with van der Waals surface area (Å²) < 4.78 is 15.9. The van der Waals surface area contributed by atoms with Crippen molar-refractivity contribution in [1.29, 1.82) is 0 Å². The number of benzene rings is 1. The number of oxazole rings is 1. The second-order valence-electron chi connectivity index (χ2n) is 3.57. The molecule has 19 heavy (non-hydrogen) atoms. The van der Waals surface area contributed by atoms with Crippen LogP contribution >= 0.6 is 0 Å². The topological polar surface area (TPSA) is 93.2 Å². The van der Waals surface area contributed by atoms with Crippen molar-refractivity contribution >= 4 is 0 Å². The Bertz CT molecular complexity index is 617. The molecule has 0 aliphatic heterocycles. The fourth-order valence-corrected chi connectivity index (χ4v) is 1.61. The zero-order valence-electron chi connectivity index (χ0n) is 10.5. The third-order valence-corrected chi connectivity index (χ3v) is 2.49. The van der Waals surface area contributed by atoms with Gasteiger partial charge in [-0.05, 0) is 23.7 Å². The predicted molar refractivity (Wildman–Crippen MR) is 67.9 cm³/mol. The normalized spacial score (nSPS) is 9.79. The van der Waals surface area contributed by atoms with E-state index in [0.29, 0.717) is 23.1 Å². The van der Waals surface area contributed by atoms with Crippen molar-refractivity contribution in [1.82, 2.24) is 4.98 Å². The van der Waals surface area contributed by atoms with Crippen LogP contribution in [0.5, 0.6) is 11.5 Å². The predicted octanol–water partition coefficient (Wildman–Crippen LogP) is 3.17. The van der Waals surface area contributed by atoms with Crippen LogP contribution in [0.1, 0.15) is 5.89 Å². The van der Waals surface area contributed by atoms with Gasteiger partial charge in [0.25, 0.3) is 0 Å². The molecule has 0 bridgehead atoms. The second-order valence-corrected chi connectivity index (χ2v) is 3.57. The Morgan fingerprint density at radius 3 is 2.89 bits per heavy atom. The minimum atomic E-state index is 0.0722. The van der Waals surface area contributed by atoms with Crippen molar-refractivity contribution in [3.8, 4) is 22.8 Å². The molecule has 0 N–H and O–H groups in total. The second kappa shape index (κ2) is 5.79. The van der Waals surface area contributed by atoms with Crippen LogP contribution in [0, 0.1) is 0 Å². The van der Waals surface area contributed by atoms with Crippen LogP contribution in [0.3, 0.4) is 0 Å². The molecule has 0 unspecified atom stereocenters. The molecular formula is C12H12N4O3. The Kier molecular flexibility index (Phi) is 3.90. The summed E-state index contributed by atoms with van der Waals surface area (Å²) in [6.45, 7) is 0.0722. The Morgan fingerprint density at radius 1 is 1.37 bits per heavy atom. The molecule has 1 heterocycles. The Balaban J connectivity index is 2.39. The number of aromatic nitrogens is 1. The first-order chi connectivity index (χ1) is 9.28. The molecule has 2 aromatic rings. The van der Waals surface area contributed by atoms with Gasteiger partial charge in [0.15, 0.2) is 5.76 Å². The minimum Gasteiger partial charge on any atom is -0.497 e. The summed E-state index contributed by atoms with van der Waals surface area (Å²) in [5.74, 6) is 2.20. The quantitative estimate of drug-likeness (QED) is 0.468. The number of rotatable bonds is 5. The van der Waals surface area contributed by atoms with Gasteiger partial charge in [0.05, 0.1) is 26.0 Å². The van der Waals surface area contributed by atoms with Gasteiger partial charge in [-0.1, -0.05) is 5.11 Å². The van der Waals surface area contributed by atoms with Crippen LogP contribution in [-0.4, -0.2) is 19.2 Å². The standard InChI is InChI=1S/C12H12N4O3/c1-17-8-3-4-10(18-2)9(5-8)11-6-14-12(19-11)7-15-16-13/h3-6H,7H2,1-2H3. The number of nitrogens with zero attached hydrogens (tertiary/aromatic N) is 4. The van der Waals surface area contributed by atoms with Crippen LogP contribution in [0.15, 0.2) is 33.9 Å². The van der Waals surface area contributed by atoms with Crippen molar-refractivity contribution in [2.45, 2.75) is 6.54 Å². The van der Waals surface area contributed by atoms with Gasteiger partial charge in [0.2, 0.25) is 5.89 Å². The van der Waals surface area contributed by atoms with E-state index in [1.165, 1.54) is 0 Å². The summed E-state index contributed by atoms with van der Waals surface area (Å²) in [4.78, 5) is 6.69. The summed E-state index contributed by atoms with van der Waals surface area (Å²) in [7, 11) is 3.15. The fraction of sp³-hybridized carbons (Fsp3) is 0.250. The Morgan fingerprint density at radius 2 is 2.21 bits per heavy atom. The molecule has 2 rings (SSSR count). The number of azide groups is 1. The molecule has 0 saturated carbocycles. The average Bonchev–Trinajstić information content (AvgIpc) is 2.93. The summed E-state index contributed by atoms with van der Waals surface area (Å²) in [5.41, 5.74) is 8.98. The van der Waals surface area contributed by atoms with Crippen LogP contribution in [-0.2, 0) is 6.54 Å². The van der Waals surface area contributed by atoms with Crippen LogP contribution in [0.25, 0.3) is 21.8 Å². The van der Waals surface area contributed by atoms with Gasteiger partial charge in [-0.3, -0.25) is 0 Å². The molecule has 0 spiro atoms. The summed E-state index contributed by atoms with van der Waals surface area (Å²) in [6, 6.07) is 5.36. The number of methoxy groups -OCH3 is 2. The summed E-state index contributed by atoms with van der Waals surface area (Å²) >= 11 is 0. The highest BCUT2D eigenvalue weighted by Crippen LogP contribution is 2.33. The van der Waals surface area contributed by atoms with Gasteiger partial charge in [-0.15, -0.1) is 0 Å². The molecule has 0 radical (unpaired) electrons. The van der Waals surface area contributed by atoms with Crippen LogP contribution in [0.4, 0.5) is 0 Å². The number of hydrogen-bond acceptors (Lipinski definition) is 5. The number of ether oxygens (including phenoxy) is 2. The van der Waals surface area contributed by atoms with Crippen molar-refractivity contribution in [2.24, 2.45) is 5.11 Å². The monoisotopic (exact) mass is 260 g/mol. The van der Waals surface area contributed by atoms with Gasteiger partial charge < -0.3 is 13.9 Å². The molecule has 0 saturated heterocycles. The van der Waals surface area contributed by atoms with E-state index in [9.17, 15) is 0 Å². The van der Waals surface area contributed by atoms with Crippen molar-refractivity contribution in [2.75, 3.05) is 14.2 Å². The highest BCUT2D eigenvalue weighted by Gasteiger charge is 2.12. The lowest BCUT2D eigenvalue weighted by atomic mass is 10.1. The molecule has 7 heteroatoms. The van der Waals surface area contributed by atoms with Crippen molar-refractivity contribution < 1.29 is 13.9 Å². The maximum Gasteiger partial charge on any atom is 0.200 e.